The molecule has 1 aromatic carbocycles. The first-order valence-electron chi connectivity index (χ1n) is 5.41. The van der Waals surface area contributed by atoms with Crippen molar-refractivity contribution in [3.05, 3.63) is 34.9 Å². The van der Waals surface area contributed by atoms with Crippen LogP contribution in [0, 0.1) is 6.92 Å². The van der Waals surface area contributed by atoms with E-state index < -0.39 is 0 Å². The molecule has 0 heterocycles. The maximum absolute atomic E-state index is 11.4. The van der Waals surface area contributed by atoms with E-state index in [1.54, 1.807) is 0 Å². The minimum Gasteiger partial charge on any atom is -0.294 e. The van der Waals surface area contributed by atoms with Crippen molar-refractivity contribution in [1.29, 1.82) is 0 Å². The summed E-state index contributed by atoms with van der Waals surface area (Å²) in [7, 11) is 0. The van der Waals surface area contributed by atoms with Gasteiger partial charge in [-0.25, -0.2) is 0 Å². The molecule has 0 unspecified atom stereocenters. The van der Waals surface area contributed by atoms with Crippen molar-refractivity contribution in [2.75, 3.05) is 0 Å². The van der Waals surface area contributed by atoms with E-state index in [2.05, 4.69) is 13.0 Å². The molecule has 1 nitrogen and oxygen atoms in total. The molecule has 1 aliphatic carbocycles. The summed E-state index contributed by atoms with van der Waals surface area (Å²) in [6.07, 6.45) is 2.83. The van der Waals surface area contributed by atoms with Gasteiger partial charge in [-0.1, -0.05) is 32.0 Å². The number of aryl methyl sites for hydroxylation is 1. The van der Waals surface area contributed by atoms with E-state index in [4.69, 9.17) is 0 Å². The van der Waals surface area contributed by atoms with Crippen molar-refractivity contribution in [3.8, 4) is 0 Å². The van der Waals surface area contributed by atoms with Crippen molar-refractivity contribution in [3.63, 3.8) is 0 Å². The lowest BCUT2D eigenvalue weighted by molar-refractivity contribution is 0.0972. The van der Waals surface area contributed by atoms with Gasteiger partial charge in [0.2, 0.25) is 0 Å². The second kappa shape index (κ2) is 4.94. The van der Waals surface area contributed by atoms with Crippen LogP contribution in [-0.2, 0) is 6.42 Å². The monoisotopic (exact) mass is 190 g/mol. The summed E-state index contributed by atoms with van der Waals surface area (Å²) in [5.41, 5.74) is 3.50. The number of carbonyl (C=O) groups excluding carboxylic acids is 1. The Kier molecular flexibility index (Phi) is 3.87. The standard InChI is InChI=1S/C11H12O.C2H6/c1-8-4-2-6-10-9(8)5-3-7-11(10)12;1-2/h2,4,6H,3,5,7H2,1H3;1-2H3. The molecule has 0 atom stereocenters. The topological polar surface area (TPSA) is 17.1 Å². The van der Waals surface area contributed by atoms with Crippen LogP contribution >= 0.6 is 0 Å². The molecule has 0 aromatic heterocycles. The fourth-order valence-corrected chi connectivity index (χ4v) is 1.86. The Labute approximate surface area is 86.1 Å². The summed E-state index contributed by atoms with van der Waals surface area (Å²) in [5, 5.41) is 0. The van der Waals surface area contributed by atoms with E-state index in [-0.39, 0.29) is 0 Å². The normalized spacial score (nSPS) is 14.1. The second-order valence-corrected chi connectivity index (χ2v) is 3.38. The maximum Gasteiger partial charge on any atom is 0.163 e. The van der Waals surface area contributed by atoms with Gasteiger partial charge in [0.25, 0.3) is 0 Å². The zero-order valence-electron chi connectivity index (χ0n) is 9.26. The highest BCUT2D eigenvalue weighted by Crippen LogP contribution is 2.23. The number of carbonyl (C=O) groups is 1. The molecule has 14 heavy (non-hydrogen) atoms. The van der Waals surface area contributed by atoms with Gasteiger partial charge < -0.3 is 0 Å². The number of Topliss-reactive ketones (excluding diaryl/α,β-unsaturated/α-hetero) is 1. The van der Waals surface area contributed by atoms with Gasteiger partial charge in [0.1, 0.15) is 0 Å². The molecule has 1 aromatic rings. The van der Waals surface area contributed by atoms with Crippen molar-refractivity contribution in [1.82, 2.24) is 0 Å². The zero-order chi connectivity index (χ0) is 10.6. The van der Waals surface area contributed by atoms with E-state index in [1.165, 1.54) is 11.1 Å². The van der Waals surface area contributed by atoms with Crippen LogP contribution in [0.4, 0.5) is 0 Å². The lowest BCUT2D eigenvalue weighted by Crippen LogP contribution is -2.11. The van der Waals surface area contributed by atoms with E-state index in [9.17, 15) is 4.79 Å². The zero-order valence-corrected chi connectivity index (χ0v) is 9.26. The summed E-state index contributed by atoms with van der Waals surface area (Å²) in [6, 6.07) is 6.00. The smallest absolute Gasteiger partial charge is 0.163 e. The third kappa shape index (κ3) is 2.03. The van der Waals surface area contributed by atoms with Gasteiger partial charge in [0, 0.05) is 12.0 Å². The van der Waals surface area contributed by atoms with Crippen LogP contribution in [-0.4, -0.2) is 5.78 Å². The molecule has 0 bridgehead atoms. The van der Waals surface area contributed by atoms with Crippen LogP contribution in [0.1, 0.15) is 48.2 Å². The lowest BCUT2D eigenvalue weighted by atomic mass is 9.88. The third-order valence-electron chi connectivity index (χ3n) is 2.54. The van der Waals surface area contributed by atoms with Crippen LogP contribution < -0.4 is 0 Å². The predicted octanol–water partition coefficient (Wildman–Crippen LogP) is 3.54. The highest BCUT2D eigenvalue weighted by Gasteiger charge is 2.17. The Morgan fingerprint density at radius 1 is 1.14 bits per heavy atom. The highest BCUT2D eigenvalue weighted by molar-refractivity contribution is 5.98. The molecule has 0 fully saturated rings. The molecule has 2 rings (SSSR count). The van der Waals surface area contributed by atoms with Gasteiger partial charge in [0.05, 0.1) is 0 Å². The average Bonchev–Trinajstić information content (AvgIpc) is 2.23. The molecule has 1 heteroatoms. The molecular weight excluding hydrogens is 172 g/mol. The van der Waals surface area contributed by atoms with Crippen LogP contribution in [0.2, 0.25) is 0 Å². The maximum atomic E-state index is 11.4. The van der Waals surface area contributed by atoms with Gasteiger partial charge in [-0.15, -0.1) is 0 Å². The Morgan fingerprint density at radius 3 is 2.50 bits per heavy atom. The summed E-state index contributed by atoms with van der Waals surface area (Å²) in [5.74, 6) is 0.319. The van der Waals surface area contributed by atoms with Crippen molar-refractivity contribution in [2.45, 2.75) is 40.0 Å². The van der Waals surface area contributed by atoms with Crippen molar-refractivity contribution in [2.24, 2.45) is 0 Å². The molecule has 0 radical (unpaired) electrons. The van der Waals surface area contributed by atoms with Gasteiger partial charge in [-0.3, -0.25) is 4.79 Å². The molecule has 0 saturated heterocycles. The molecule has 1 aliphatic rings. The predicted molar refractivity (Wildman–Crippen MR) is 59.8 cm³/mol. The Hall–Kier alpha value is -1.11. The summed E-state index contributed by atoms with van der Waals surface area (Å²) in [4.78, 5) is 11.4. The van der Waals surface area contributed by atoms with Gasteiger partial charge in [0.15, 0.2) is 5.78 Å². The molecule has 0 spiro atoms. The molecule has 76 valence electrons. The largest absolute Gasteiger partial charge is 0.294 e. The van der Waals surface area contributed by atoms with Gasteiger partial charge in [-0.05, 0) is 30.9 Å². The molecule has 0 amide bonds. The summed E-state index contributed by atoms with van der Waals surface area (Å²) in [6.45, 7) is 6.08. The minimum atomic E-state index is 0.319. The van der Waals surface area contributed by atoms with Crippen LogP contribution in [0.15, 0.2) is 18.2 Å². The highest BCUT2D eigenvalue weighted by atomic mass is 16.1. The third-order valence-corrected chi connectivity index (χ3v) is 2.54. The second-order valence-electron chi connectivity index (χ2n) is 3.38. The van der Waals surface area contributed by atoms with Gasteiger partial charge >= 0.3 is 0 Å². The van der Waals surface area contributed by atoms with Crippen LogP contribution in [0.5, 0.6) is 0 Å². The quantitative estimate of drug-likeness (QED) is 0.611. The number of hydrogen-bond donors (Lipinski definition) is 0. The fourth-order valence-electron chi connectivity index (χ4n) is 1.86. The fraction of sp³-hybridized carbons (Fsp3) is 0.462. The van der Waals surface area contributed by atoms with Crippen molar-refractivity contribution < 1.29 is 4.79 Å². The van der Waals surface area contributed by atoms with E-state index in [1.807, 2.05) is 26.0 Å². The first-order valence-corrected chi connectivity index (χ1v) is 5.41. The number of rotatable bonds is 0. The Bertz CT molecular complexity index is 326. The van der Waals surface area contributed by atoms with Crippen LogP contribution in [0.25, 0.3) is 0 Å². The molecular formula is C13H18O. The minimum absolute atomic E-state index is 0.319. The van der Waals surface area contributed by atoms with Crippen LogP contribution in [0.3, 0.4) is 0 Å². The first-order chi connectivity index (χ1) is 6.79. The molecule has 0 aliphatic heterocycles. The molecule has 0 N–H and O–H groups in total. The lowest BCUT2D eigenvalue weighted by Gasteiger charge is -2.16. The summed E-state index contributed by atoms with van der Waals surface area (Å²) >= 11 is 0. The molecule has 0 saturated carbocycles. The van der Waals surface area contributed by atoms with Crippen molar-refractivity contribution >= 4 is 5.78 Å². The Morgan fingerprint density at radius 2 is 1.86 bits per heavy atom. The number of ketones is 1. The van der Waals surface area contributed by atoms with E-state index in [0.717, 1.165) is 24.8 Å². The number of benzene rings is 1. The van der Waals surface area contributed by atoms with E-state index in [0.29, 0.717) is 5.78 Å². The number of fused-ring (bicyclic) bond motifs is 1. The van der Waals surface area contributed by atoms with Gasteiger partial charge in [-0.2, -0.15) is 0 Å². The first kappa shape index (κ1) is 11.0. The van der Waals surface area contributed by atoms with E-state index >= 15 is 0 Å². The SMILES string of the molecule is CC.Cc1cccc2c1CCCC2=O. The summed E-state index contributed by atoms with van der Waals surface area (Å²) < 4.78 is 0. The Balaban J connectivity index is 0.000000461. The number of hydrogen-bond acceptors (Lipinski definition) is 1. The average molecular weight is 190 g/mol.